The first kappa shape index (κ1) is 26.9. The predicted molar refractivity (Wildman–Crippen MR) is 202 cm³/mol. The fourth-order valence-electron chi connectivity index (χ4n) is 7.53. The van der Waals surface area contributed by atoms with Crippen molar-refractivity contribution in [3.05, 3.63) is 156 Å². The van der Waals surface area contributed by atoms with Crippen molar-refractivity contribution in [2.24, 2.45) is 0 Å². The van der Waals surface area contributed by atoms with Crippen LogP contribution in [0.2, 0.25) is 0 Å². The zero-order valence-corrected chi connectivity index (χ0v) is 26.1. The Kier molecular flexibility index (Phi) is 5.97. The van der Waals surface area contributed by atoms with E-state index in [0.717, 1.165) is 51.0 Å². The molecule has 0 fully saturated rings. The van der Waals surface area contributed by atoms with E-state index in [-0.39, 0.29) is 6.04 Å². The van der Waals surface area contributed by atoms with Gasteiger partial charge in [0.25, 0.3) is 0 Å². The number of nitrogens with zero attached hydrogens (tertiary/aromatic N) is 2. The summed E-state index contributed by atoms with van der Waals surface area (Å²) in [5, 5.41) is 14.7. The van der Waals surface area contributed by atoms with Crippen LogP contribution in [0.15, 0.2) is 140 Å². The highest BCUT2D eigenvalue weighted by atomic mass is 14.9. The Morgan fingerprint density at radius 2 is 1.46 bits per heavy atom. The molecule has 2 aromatic heterocycles. The van der Waals surface area contributed by atoms with Gasteiger partial charge in [-0.15, -0.1) is 0 Å². The van der Waals surface area contributed by atoms with Gasteiger partial charge in [-0.1, -0.05) is 109 Å². The Bertz CT molecular complexity index is 2670. The monoisotopic (exact) mass is 614 g/mol. The zero-order chi connectivity index (χ0) is 31.6. The number of pyridine rings is 2. The molecule has 4 nitrogen and oxygen atoms in total. The fraction of sp³-hybridized carbons (Fsp3) is 0.0455. The Labute approximate surface area is 278 Å². The minimum absolute atomic E-state index is 0.0176. The highest BCUT2D eigenvalue weighted by Crippen LogP contribution is 2.40. The van der Waals surface area contributed by atoms with Crippen LogP contribution in [0.1, 0.15) is 22.7 Å². The lowest BCUT2D eigenvalue weighted by Crippen LogP contribution is -2.14. The van der Waals surface area contributed by atoms with Crippen molar-refractivity contribution in [3.63, 3.8) is 0 Å². The van der Waals surface area contributed by atoms with E-state index >= 15 is 0 Å². The van der Waals surface area contributed by atoms with Crippen molar-refractivity contribution in [1.82, 2.24) is 9.97 Å². The Balaban J connectivity index is 1.03. The molecular weight excluding hydrogens is 585 g/mol. The van der Waals surface area contributed by atoms with Crippen molar-refractivity contribution in [1.29, 1.82) is 0 Å². The number of rotatable bonds is 3. The minimum atomic E-state index is 0.0176. The maximum Gasteiger partial charge on any atom is 0.0943 e. The minimum Gasteiger partial charge on any atom is -0.379 e. The van der Waals surface area contributed by atoms with E-state index in [9.17, 15) is 0 Å². The third-order valence-electron chi connectivity index (χ3n) is 9.88. The Hall–Kier alpha value is -6.26. The lowest BCUT2D eigenvalue weighted by Gasteiger charge is -2.26. The number of nitrogens with one attached hydrogen (secondary N) is 2. The summed E-state index contributed by atoms with van der Waals surface area (Å²) < 4.78 is 0. The van der Waals surface area contributed by atoms with Crippen molar-refractivity contribution in [3.8, 4) is 22.4 Å². The molecule has 8 aromatic rings. The molecule has 6 aromatic carbocycles. The smallest absolute Gasteiger partial charge is 0.0943 e. The average molecular weight is 615 g/mol. The van der Waals surface area contributed by atoms with Gasteiger partial charge >= 0.3 is 0 Å². The molecule has 2 N–H and O–H groups in total. The summed E-state index contributed by atoms with van der Waals surface area (Å²) in [5.41, 5.74) is 12.2. The molecule has 0 amide bonds. The van der Waals surface area contributed by atoms with Crippen molar-refractivity contribution in [2.45, 2.75) is 6.04 Å². The van der Waals surface area contributed by atoms with E-state index in [1.165, 1.54) is 49.4 Å². The highest BCUT2D eigenvalue weighted by molar-refractivity contribution is 6.14. The van der Waals surface area contributed by atoms with Crippen LogP contribution in [0, 0.1) is 0 Å². The number of benzene rings is 6. The normalized spacial score (nSPS) is 15.0. The van der Waals surface area contributed by atoms with Crippen LogP contribution < -0.4 is 10.6 Å². The molecule has 0 bridgehead atoms. The van der Waals surface area contributed by atoms with Crippen molar-refractivity contribution >= 4 is 66.9 Å². The Morgan fingerprint density at radius 3 is 2.42 bits per heavy atom. The molecule has 4 heterocycles. The number of hydrogen-bond acceptors (Lipinski definition) is 4. The van der Waals surface area contributed by atoms with Gasteiger partial charge in [-0.2, -0.15) is 0 Å². The van der Waals surface area contributed by atoms with Gasteiger partial charge in [0.05, 0.1) is 28.5 Å². The van der Waals surface area contributed by atoms with Crippen LogP contribution >= 0.6 is 0 Å². The fourth-order valence-corrected chi connectivity index (χ4v) is 7.53. The first-order valence-corrected chi connectivity index (χ1v) is 16.5. The van der Waals surface area contributed by atoms with Crippen molar-refractivity contribution < 1.29 is 0 Å². The number of fused-ring (bicyclic) bond motifs is 8. The molecule has 48 heavy (non-hydrogen) atoms. The SMILES string of the molecule is C1=Cc2cc(C3C=Cc4ccc(-c5ccc6ccc(-c7cc8ccccc8c8ccccc78)cc6n5)cc4N3)c3cccnc3c2NC1. The van der Waals surface area contributed by atoms with E-state index in [1.54, 1.807) is 0 Å². The molecule has 0 saturated carbocycles. The van der Waals surface area contributed by atoms with E-state index in [4.69, 9.17) is 9.97 Å². The topological polar surface area (TPSA) is 49.8 Å². The number of hydrogen-bond donors (Lipinski definition) is 2. The lowest BCUT2D eigenvalue weighted by molar-refractivity contribution is 0.989. The van der Waals surface area contributed by atoms with Crippen LogP contribution in [0.3, 0.4) is 0 Å². The van der Waals surface area contributed by atoms with Gasteiger partial charge in [-0.3, -0.25) is 4.98 Å². The molecule has 0 aliphatic carbocycles. The van der Waals surface area contributed by atoms with E-state index in [0.29, 0.717) is 0 Å². The molecular formula is C44H30N4. The second kappa shape index (κ2) is 10.6. The summed E-state index contributed by atoms with van der Waals surface area (Å²) in [6.45, 7) is 0.820. The average Bonchev–Trinajstić information content (AvgIpc) is 3.16. The van der Waals surface area contributed by atoms with Crippen LogP contribution in [-0.2, 0) is 0 Å². The quantitative estimate of drug-likeness (QED) is 0.194. The van der Waals surface area contributed by atoms with Gasteiger partial charge in [-0.25, -0.2) is 4.98 Å². The second-order valence-electron chi connectivity index (χ2n) is 12.7. The number of aromatic nitrogens is 2. The summed E-state index contributed by atoms with van der Waals surface area (Å²) >= 11 is 0. The van der Waals surface area contributed by atoms with Gasteiger partial charge in [0.1, 0.15) is 0 Å². The summed E-state index contributed by atoms with van der Waals surface area (Å²) in [7, 11) is 0. The van der Waals surface area contributed by atoms with E-state index in [1.807, 2.05) is 12.3 Å². The first-order chi connectivity index (χ1) is 23.8. The van der Waals surface area contributed by atoms with Crippen LogP contribution in [-0.4, -0.2) is 16.5 Å². The molecule has 226 valence electrons. The summed E-state index contributed by atoms with van der Waals surface area (Å²) in [6.07, 6.45) is 10.7. The highest BCUT2D eigenvalue weighted by Gasteiger charge is 2.21. The van der Waals surface area contributed by atoms with Crippen LogP contribution in [0.5, 0.6) is 0 Å². The molecule has 0 spiro atoms. The predicted octanol–water partition coefficient (Wildman–Crippen LogP) is 11.0. The van der Waals surface area contributed by atoms with Gasteiger partial charge in [0.2, 0.25) is 0 Å². The summed E-state index contributed by atoms with van der Waals surface area (Å²) in [4.78, 5) is 9.99. The van der Waals surface area contributed by atoms with Gasteiger partial charge in [0, 0.05) is 34.8 Å². The molecule has 10 rings (SSSR count). The molecule has 0 radical (unpaired) electrons. The van der Waals surface area contributed by atoms with Gasteiger partial charge in [0.15, 0.2) is 0 Å². The largest absolute Gasteiger partial charge is 0.379 e. The summed E-state index contributed by atoms with van der Waals surface area (Å²) in [6, 6.07) is 43.7. The third kappa shape index (κ3) is 4.30. The summed E-state index contributed by atoms with van der Waals surface area (Å²) in [5.74, 6) is 0. The molecule has 1 unspecified atom stereocenters. The van der Waals surface area contributed by atoms with Crippen LogP contribution in [0.25, 0.3) is 77.9 Å². The third-order valence-corrected chi connectivity index (χ3v) is 9.88. The molecule has 4 heteroatoms. The Morgan fingerprint density at radius 1 is 0.625 bits per heavy atom. The van der Waals surface area contributed by atoms with Crippen LogP contribution in [0.4, 0.5) is 11.4 Å². The molecule has 2 aliphatic rings. The van der Waals surface area contributed by atoms with E-state index in [2.05, 4.69) is 150 Å². The molecule has 1 atom stereocenters. The zero-order valence-electron chi connectivity index (χ0n) is 26.1. The van der Waals surface area contributed by atoms with Crippen molar-refractivity contribution in [2.75, 3.05) is 17.2 Å². The lowest BCUT2D eigenvalue weighted by atomic mass is 9.92. The van der Waals surface area contributed by atoms with E-state index < -0.39 is 0 Å². The maximum absolute atomic E-state index is 5.22. The molecule has 0 saturated heterocycles. The first-order valence-electron chi connectivity index (χ1n) is 16.5. The van der Waals surface area contributed by atoms with Gasteiger partial charge < -0.3 is 10.6 Å². The standard InChI is InChI=1S/C44H30N4/c1-2-9-33-29(7-1)23-37(35-11-4-3-10-34(33)35)30-15-13-27-17-19-39(47-41(27)25-30)31-16-14-28-18-20-40(48-42(28)26-31)38-24-32-8-5-21-45-43(32)44-36(38)12-6-22-46-44/h1-20,22-26,40,45,48H,21H2. The van der Waals surface area contributed by atoms with Gasteiger partial charge in [-0.05, 0) is 85.8 Å². The maximum atomic E-state index is 5.22. The second-order valence-corrected chi connectivity index (χ2v) is 12.7. The molecule has 2 aliphatic heterocycles. The number of anilines is 2.